The molecule has 3 rings (SSSR count). The van der Waals surface area contributed by atoms with Gasteiger partial charge in [0.05, 0.1) is 7.11 Å². The van der Waals surface area contributed by atoms with E-state index in [9.17, 15) is 13.2 Å². The van der Waals surface area contributed by atoms with Crippen molar-refractivity contribution < 1.29 is 17.9 Å². The minimum atomic E-state index is -3.77. The Balaban J connectivity index is 1.98. The van der Waals surface area contributed by atoms with E-state index < -0.39 is 15.9 Å². The SMILES string of the molecule is COc1ccc(C(=O)Nc2ccccc2-c2ccccc2)cc1S(=O)(=O)N(C)C. The van der Waals surface area contributed by atoms with Crippen LogP contribution in [0.25, 0.3) is 11.1 Å². The molecule has 7 heteroatoms. The lowest BCUT2D eigenvalue weighted by Crippen LogP contribution is -2.23. The third-order valence-corrected chi connectivity index (χ3v) is 6.28. The molecule has 3 aromatic carbocycles. The zero-order chi connectivity index (χ0) is 21.0. The Morgan fingerprint density at radius 1 is 0.931 bits per heavy atom. The molecule has 0 heterocycles. The predicted molar refractivity (Wildman–Crippen MR) is 114 cm³/mol. The molecule has 0 aliphatic rings. The standard InChI is InChI=1S/C22H22N2O4S/c1-24(2)29(26,27)21-15-17(13-14-20(21)28-3)22(25)23-19-12-8-7-11-18(19)16-9-5-4-6-10-16/h4-15H,1-3H3,(H,23,25). The first-order chi connectivity index (χ1) is 13.8. The maximum Gasteiger partial charge on any atom is 0.255 e. The van der Waals surface area contributed by atoms with Gasteiger partial charge in [-0.3, -0.25) is 4.79 Å². The summed E-state index contributed by atoms with van der Waals surface area (Å²) in [6.45, 7) is 0. The Morgan fingerprint density at radius 2 is 1.59 bits per heavy atom. The lowest BCUT2D eigenvalue weighted by Gasteiger charge is -2.16. The highest BCUT2D eigenvalue weighted by Crippen LogP contribution is 2.30. The van der Waals surface area contributed by atoms with Crippen molar-refractivity contribution in [1.82, 2.24) is 4.31 Å². The maximum atomic E-state index is 12.9. The Hall–Kier alpha value is -3.16. The second-order valence-electron chi connectivity index (χ2n) is 6.52. The van der Waals surface area contributed by atoms with Crippen LogP contribution in [0, 0.1) is 0 Å². The average molecular weight is 410 g/mol. The van der Waals surface area contributed by atoms with Gasteiger partial charge in [0.1, 0.15) is 10.6 Å². The van der Waals surface area contributed by atoms with Crippen molar-refractivity contribution in [3.63, 3.8) is 0 Å². The molecule has 0 saturated heterocycles. The zero-order valence-corrected chi connectivity index (χ0v) is 17.2. The smallest absolute Gasteiger partial charge is 0.255 e. The Morgan fingerprint density at radius 3 is 2.24 bits per heavy atom. The van der Waals surface area contributed by atoms with Crippen LogP contribution in [0.2, 0.25) is 0 Å². The number of methoxy groups -OCH3 is 1. The van der Waals surface area contributed by atoms with Crippen LogP contribution >= 0.6 is 0 Å². The highest BCUT2D eigenvalue weighted by Gasteiger charge is 2.24. The van der Waals surface area contributed by atoms with E-state index in [2.05, 4.69) is 5.32 Å². The van der Waals surface area contributed by atoms with Gasteiger partial charge in [0.25, 0.3) is 5.91 Å². The van der Waals surface area contributed by atoms with Crippen LogP contribution in [0.15, 0.2) is 77.7 Å². The number of sulfonamides is 1. The van der Waals surface area contributed by atoms with E-state index in [1.807, 2.05) is 48.5 Å². The van der Waals surface area contributed by atoms with E-state index in [0.717, 1.165) is 15.4 Å². The van der Waals surface area contributed by atoms with Crippen molar-refractivity contribution in [3.05, 3.63) is 78.4 Å². The molecule has 0 aromatic heterocycles. The molecule has 6 nitrogen and oxygen atoms in total. The second-order valence-corrected chi connectivity index (χ2v) is 8.64. The molecule has 0 unspecified atom stereocenters. The molecule has 0 fully saturated rings. The molecule has 0 bridgehead atoms. The van der Waals surface area contributed by atoms with Crippen molar-refractivity contribution in [2.45, 2.75) is 4.90 Å². The van der Waals surface area contributed by atoms with Gasteiger partial charge in [-0.2, -0.15) is 0 Å². The summed E-state index contributed by atoms with van der Waals surface area (Å²) in [5, 5.41) is 2.88. The molecule has 0 radical (unpaired) electrons. The first kappa shape index (κ1) is 20.6. The molecule has 1 amide bonds. The number of hydrogen-bond acceptors (Lipinski definition) is 4. The van der Waals surface area contributed by atoms with Gasteiger partial charge in [0.15, 0.2) is 0 Å². The largest absolute Gasteiger partial charge is 0.495 e. The van der Waals surface area contributed by atoms with Gasteiger partial charge in [0.2, 0.25) is 10.0 Å². The number of rotatable bonds is 6. The van der Waals surface area contributed by atoms with Gasteiger partial charge < -0.3 is 10.1 Å². The summed E-state index contributed by atoms with van der Waals surface area (Å²) in [6.07, 6.45) is 0. The Labute approximate surface area is 170 Å². The van der Waals surface area contributed by atoms with E-state index >= 15 is 0 Å². The first-order valence-corrected chi connectivity index (χ1v) is 10.3. The third-order valence-electron chi connectivity index (χ3n) is 4.44. The van der Waals surface area contributed by atoms with Crippen molar-refractivity contribution in [2.75, 3.05) is 26.5 Å². The normalized spacial score (nSPS) is 11.3. The van der Waals surface area contributed by atoms with Gasteiger partial charge >= 0.3 is 0 Å². The number of carbonyl (C=O) groups excluding carboxylic acids is 1. The lowest BCUT2D eigenvalue weighted by atomic mass is 10.0. The van der Waals surface area contributed by atoms with Gasteiger partial charge in [0, 0.05) is 30.9 Å². The lowest BCUT2D eigenvalue weighted by molar-refractivity contribution is 0.102. The summed E-state index contributed by atoms with van der Waals surface area (Å²) < 4.78 is 31.5. The van der Waals surface area contributed by atoms with Crippen molar-refractivity contribution in [3.8, 4) is 16.9 Å². The highest BCUT2D eigenvalue weighted by atomic mass is 32.2. The fraction of sp³-hybridized carbons (Fsp3) is 0.136. The fourth-order valence-electron chi connectivity index (χ4n) is 2.87. The van der Waals surface area contributed by atoms with E-state index in [4.69, 9.17) is 4.74 Å². The van der Waals surface area contributed by atoms with Gasteiger partial charge in [-0.25, -0.2) is 12.7 Å². The average Bonchev–Trinajstić information content (AvgIpc) is 2.74. The molecule has 150 valence electrons. The van der Waals surface area contributed by atoms with Gasteiger partial charge in [-0.05, 0) is 29.8 Å². The van der Waals surface area contributed by atoms with Crippen LogP contribution in [-0.4, -0.2) is 39.8 Å². The maximum absolute atomic E-state index is 12.9. The van der Waals surface area contributed by atoms with Crippen LogP contribution in [0.4, 0.5) is 5.69 Å². The third kappa shape index (κ3) is 4.31. The molecule has 1 N–H and O–H groups in total. The van der Waals surface area contributed by atoms with Crippen LogP contribution < -0.4 is 10.1 Å². The number of nitrogens with zero attached hydrogens (tertiary/aromatic N) is 1. The van der Waals surface area contributed by atoms with Crippen LogP contribution in [0.3, 0.4) is 0 Å². The molecule has 0 aliphatic heterocycles. The minimum Gasteiger partial charge on any atom is -0.495 e. The first-order valence-electron chi connectivity index (χ1n) is 8.91. The summed E-state index contributed by atoms with van der Waals surface area (Å²) >= 11 is 0. The van der Waals surface area contributed by atoms with Crippen LogP contribution in [0.5, 0.6) is 5.75 Å². The Kier molecular flexibility index (Phi) is 6.00. The summed E-state index contributed by atoms with van der Waals surface area (Å²) in [5.41, 5.74) is 2.69. The highest BCUT2D eigenvalue weighted by molar-refractivity contribution is 7.89. The number of carbonyl (C=O) groups is 1. The van der Waals surface area contributed by atoms with Crippen molar-refractivity contribution >= 4 is 21.6 Å². The molecule has 0 saturated carbocycles. The molecule has 0 spiro atoms. The number of benzene rings is 3. The van der Waals surface area contributed by atoms with E-state index in [1.165, 1.54) is 39.4 Å². The predicted octanol–water partition coefficient (Wildman–Crippen LogP) is 3.86. The van der Waals surface area contributed by atoms with Crippen molar-refractivity contribution in [2.24, 2.45) is 0 Å². The number of para-hydroxylation sites is 1. The zero-order valence-electron chi connectivity index (χ0n) is 16.4. The van der Waals surface area contributed by atoms with Crippen LogP contribution in [-0.2, 0) is 10.0 Å². The molecule has 0 atom stereocenters. The Bertz CT molecular complexity index is 1130. The topological polar surface area (TPSA) is 75.7 Å². The van der Waals surface area contributed by atoms with Gasteiger partial charge in [-0.1, -0.05) is 48.5 Å². The quantitative estimate of drug-likeness (QED) is 0.669. The summed E-state index contributed by atoms with van der Waals surface area (Å²) in [5.74, 6) is -0.230. The molecular formula is C22H22N2O4S. The van der Waals surface area contributed by atoms with Crippen LogP contribution in [0.1, 0.15) is 10.4 Å². The number of anilines is 1. The van der Waals surface area contributed by atoms with Crippen molar-refractivity contribution in [1.29, 1.82) is 0 Å². The summed E-state index contributed by atoms with van der Waals surface area (Å²) in [6, 6.07) is 21.5. The second kappa shape index (κ2) is 8.46. The molecule has 3 aromatic rings. The minimum absolute atomic E-state index is 0.0611. The number of hydrogen-bond donors (Lipinski definition) is 1. The fourth-order valence-corrected chi connectivity index (χ4v) is 3.95. The number of nitrogens with one attached hydrogen (secondary N) is 1. The summed E-state index contributed by atoms with van der Waals surface area (Å²) in [7, 11) is 0.474. The number of ether oxygens (including phenoxy) is 1. The molecular weight excluding hydrogens is 388 g/mol. The molecule has 0 aliphatic carbocycles. The molecule has 29 heavy (non-hydrogen) atoms. The number of amides is 1. The van der Waals surface area contributed by atoms with E-state index in [0.29, 0.717) is 5.69 Å². The van der Waals surface area contributed by atoms with Gasteiger partial charge in [-0.15, -0.1) is 0 Å². The van der Waals surface area contributed by atoms with E-state index in [-0.39, 0.29) is 16.2 Å². The summed E-state index contributed by atoms with van der Waals surface area (Å²) in [4.78, 5) is 12.8. The van der Waals surface area contributed by atoms with E-state index in [1.54, 1.807) is 6.07 Å². The monoisotopic (exact) mass is 410 g/mol.